The molecule has 1 aromatic heterocycles. The van der Waals surface area contributed by atoms with Crippen molar-refractivity contribution < 1.29 is 0 Å². The number of hydrogen-bond donors (Lipinski definition) is 0. The van der Waals surface area contributed by atoms with Crippen molar-refractivity contribution in [1.29, 1.82) is 0 Å². The molecule has 0 unspecified atom stereocenters. The lowest BCUT2D eigenvalue weighted by Gasteiger charge is -2.08. The summed E-state index contributed by atoms with van der Waals surface area (Å²) in [6.45, 7) is 4.31. The predicted molar refractivity (Wildman–Crippen MR) is 66.1 cm³/mol. The topological polar surface area (TPSA) is 22.0 Å². The molecule has 0 N–H and O–H groups in total. The summed E-state index contributed by atoms with van der Waals surface area (Å²) in [5.41, 5.74) is 2.20. The van der Waals surface area contributed by atoms with E-state index in [0.717, 1.165) is 5.69 Å². The van der Waals surface area contributed by atoms with Crippen LogP contribution in [0.15, 0.2) is 53.5 Å². The molecule has 2 aromatic rings. The monoisotopic (exact) mass is 213 g/mol. The van der Waals surface area contributed by atoms with Crippen molar-refractivity contribution in [3.63, 3.8) is 0 Å². The number of hydrogen-bond acceptors (Lipinski definition) is 1. The number of benzene rings is 1. The minimum Gasteiger partial charge on any atom is -0.284 e. The van der Waals surface area contributed by atoms with Gasteiger partial charge >= 0.3 is 0 Å². The summed E-state index contributed by atoms with van der Waals surface area (Å²) in [5, 5.41) is 0. The van der Waals surface area contributed by atoms with Crippen LogP contribution in [-0.4, -0.2) is 4.57 Å². The molecule has 2 nitrogen and oxygen atoms in total. The van der Waals surface area contributed by atoms with Crippen molar-refractivity contribution in [2.24, 2.45) is 0 Å². The minimum atomic E-state index is -0.000188. The molecule has 0 fully saturated rings. The molecular formula is C14H15NO. The van der Waals surface area contributed by atoms with Gasteiger partial charge in [-0.2, -0.15) is 0 Å². The van der Waals surface area contributed by atoms with E-state index in [9.17, 15) is 4.79 Å². The Morgan fingerprint density at radius 3 is 2.25 bits per heavy atom. The summed E-state index contributed by atoms with van der Waals surface area (Å²) in [6, 6.07) is 13.3. The first kappa shape index (κ1) is 10.7. The Labute approximate surface area is 95.2 Å². The molecule has 0 radical (unpaired) electrons. The quantitative estimate of drug-likeness (QED) is 0.751. The molecule has 16 heavy (non-hydrogen) atoms. The second-order valence-corrected chi connectivity index (χ2v) is 4.16. The van der Waals surface area contributed by atoms with Crippen LogP contribution in [0.3, 0.4) is 0 Å². The first-order valence-electron chi connectivity index (χ1n) is 5.46. The van der Waals surface area contributed by atoms with Gasteiger partial charge in [-0.05, 0) is 29.7 Å². The minimum absolute atomic E-state index is 0.000188. The molecule has 0 aliphatic carbocycles. The molecule has 1 aromatic carbocycles. The van der Waals surface area contributed by atoms with E-state index in [1.807, 2.05) is 18.2 Å². The molecule has 82 valence electrons. The zero-order valence-electron chi connectivity index (χ0n) is 9.55. The highest BCUT2D eigenvalue weighted by Gasteiger charge is 2.00. The highest BCUT2D eigenvalue weighted by molar-refractivity contribution is 5.35. The molecule has 0 saturated heterocycles. The standard InChI is InChI=1S/C14H15NO/c1-11(2)12-6-8-13(9-7-12)15-10-4-3-5-14(15)16/h3-11H,1-2H3. The Balaban J connectivity index is 2.43. The van der Waals surface area contributed by atoms with Crippen LogP contribution < -0.4 is 5.56 Å². The van der Waals surface area contributed by atoms with Crippen molar-refractivity contribution in [3.05, 3.63) is 64.6 Å². The molecular weight excluding hydrogens is 198 g/mol. The Kier molecular flexibility index (Phi) is 2.91. The maximum Gasteiger partial charge on any atom is 0.255 e. The first-order chi connectivity index (χ1) is 7.68. The third-order valence-corrected chi connectivity index (χ3v) is 2.66. The van der Waals surface area contributed by atoms with E-state index in [1.54, 1.807) is 22.9 Å². The van der Waals surface area contributed by atoms with Gasteiger partial charge in [0.15, 0.2) is 0 Å². The van der Waals surface area contributed by atoms with Crippen molar-refractivity contribution in [2.45, 2.75) is 19.8 Å². The van der Waals surface area contributed by atoms with E-state index >= 15 is 0 Å². The fraction of sp³-hybridized carbons (Fsp3) is 0.214. The second-order valence-electron chi connectivity index (χ2n) is 4.16. The average molecular weight is 213 g/mol. The van der Waals surface area contributed by atoms with Crippen LogP contribution in [-0.2, 0) is 0 Å². The van der Waals surface area contributed by atoms with Gasteiger partial charge < -0.3 is 0 Å². The van der Waals surface area contributed by atoms with Crippen LogP contribution in [0.25, 0.3) is 5.69 Å². The maximum atomic E-state index is 11.6. The molecule has 0 saturated carbocycles. The third-order valence-electron chi connectivity index (χ3n) is 2.66. The molecule has 0 amide bonds. The lowest BCUT2D eigenvalue weighted by atomic mass is 10.0. The van der Waals surface area contributed by atoms with Crippen LogP contribution in [0.5, 0.6) is 0 Å². The van der Waals surface area contributed by atoms with E-state index in [1.165, 1.54) is 5.56 Å². The number of aromatic nitrogens is 1. The van der Waals surface area contributed by atoms with Crippen molar-refractivity contribution in [2.75, 3.05) is 0 Å². The highest BCUT2D eigenvalue weighted by Crippen LogP contribution is 2.15. The van der Waals surface area contributed by atoms with Crippen molar-refractivity contribution >= 4 is 0 Å². The third kappa shape index (κ3) is 2.06. The van der Waals surface area contributed by atoms with Crippen LogP contribution in [0.1, 0.15) is 25.3 Å². The first-order valence-corrected chi connectivity index (χ1v) is 5.46. The van der Waals surface area contributed by atoms with Gasteiger partial charge in [0.1, 0.15) is 0 Å². The van der Waals surface area contributed by atoms with Gasteiger partial charge in [0, 0.05) is 18.0 Å². The largest absolute Gasteiger partial charge is 0.284 e. The molecule has 0 bridgehead atoms. The van der Waals surface area contributed by atoms with E-state index in [-0.39, 0.29) is 5.56 Å². The predicted octanol–water partition coefficient (Wildman–Crippen LogP) is 2.96. The van der Waals surface area contributed by atoms with Gasteiger partial charge in [-0.25, -0.2) is 0 Å². The van der Waals surface area contributed by atoms with Crippen LogP contribution in [0, 0.1) is 0 Å². The summed E-state index contributed by atoms with van der Waals surface area (Å²) in [4.78, 5) is 11.6. The average Bonchev–Trinajstić information content (AvgIpc) is 2.30. The second kappa shape index (κ2) is 4.35. The van der Waals surface area contributed by atoms with Crippen molar-refractivity contribution in [3.8, 4) is 5.69 Å². The number of pyridine rings is 1. The molecule has 0 aliphatic rings. The van der Waals surface area contributed by atoms with Gasteiger partial charge in [0.05, 0.1) is 0 Å². The lowest BCUT2D eigenvalue weighted by molar-refractivity contribution is 0.864. The zero-order valence-corrected chi connectivity index (χ0v) is 9.55. The molecule has 0 aliphatic heterocycles. The Morgan fingerprint density at radius 1 is 1.00 bits per heavy atom. The zero-order chi connectivity index (χ0) is 11.5. The molecule has 0 spiro atoms. The number of nitrogens with zero attached hydrogens (tertiary/aromatic N) is 1. The van der Waals surface area contributed by atoms with Crippen LogP contribution in [0.4, 0.5) is 0 Å². The Hall–Kier alpha value is -1.83. The fourth-order valence-electron chi connectivity index (χ4n) is 1.66. The van der Waals surface area contributed by atoms with E-state index in [4.69, 9.17) is 0 Å². The van der Waals surface area contributed by atoms with E-state index in [2.05, 4.69) is 26.0 Å². The normalized spacial score (nSPS) is 10.7. The summed E-state index contributed by atoms with van der Waals surface area (Å²) < 4.78 is 1.64. The SMILES string of the molecule is CC(C)c1ccc(-n2ccccc2=O)cc1. The van der Waals surface area contributed by atoms with Gasteiger partial charge in [-0.3, -0.25) is 9.36 Å². The van der Waals surface area contributed by atoms with Crippen molar-refractivity contribution in [1.82, 2.24) is 4.57 Å². The lowest BCUT2D eigenvalue weighted by Crippen LogP contribution is -2.15. The Bertz CT molecular complexity index is 523. The Morgan fingerprint density at radius 2 is 1.69 bits per heavy atom. The van der Waals surface area contributed by atoms with Gasteiger partial charge in [-0.1, -0.05) is 32.0 Å². The van der Waals surface area contributed by atoms with E-state index < -0.39 is 0 Å². The molecule has 0 atom stereocenters. The molecule has 1 heterocycles. The maximum absolute atomic E-state index is 11.6. The summed E-state index contributed by atoms with van der Waals surface area (Å²) >= 11 is 0. The summed E-state index contributed by atoms with van der Waals surface area (Å²) in [6.07, 6.45) is 1.78. The van der Waals surface area contributed by atoms with Gasteiger partial charge in [-0.15, -0.1) is 0 Å². The van der Waals surface area contributed by atoms with Gasteiger partial charge in [0.2, 0.25) is 0 Å². The number of rotatable bonds is 2. The van der Waals surface area contributed by atoms with Crippen LogP contribution in [0.2, 0.25) is 0 Å². The molecule has 2 rings (SSSR count). The summed E-state index contributed by atoms with van der Waals surface area (Å²) in [7, 11) is 0. The van der Waals surface area contributed by atoms with Crippen LogP contribution >= 0.6 is 0 Å². The fourth-order valence-corrected chi connectivity index (χ4v) is 1.66. The van der Waals surface area contributed by atoms with E-state index in [0.29, 0.717) is 5.92 Å². The highest BCUT2D eigenvalue weighted by atomic mass is 16.1. The van der Waals surface area contributed by atoms with Gasteiger partial charge in [0.25, 0.3) is 5.56 Å². The smallest absolute Gasteiger partial charge is 0.255 e. The summed E-state index contributed by atoms with van der Waals surface area (Å²) in [5.74, 6) is 0.515. The molecule has 2 heteroatoms.